The molecule has 0 spiro atoms. The summed E-state index contributed by atoms with van der Waals surface area (Å²) >= 11 is 0. The lowest BCUT2D eigenvalue weighted by molar-refractivity contribution is -0.126. The Labute approximate surface area is 133 Å². The zero-order valence-electron chi connectivity index (χ0n) is 13.1. The number of carbonyl (C=O) groups is 1. The first-order valence-electron chi connectivity index (χ1n) is 7.15. The van der Waals surface area contributed by atoms with E-state index in [4.69, 9.17) is 10.5 Å². The summed E-state index contributed by atoms with van der Waals surface area (Å²) in [4.78, 5) is 12.1. The fourth-order valence-electron chi connectivity index (χ4n) is 1.76. The van der Waals surface area contributed by atoms with Crippen LogP contribution in [0.5, 0.6) is 0 Å². The van der Waals surface area contributed by atoms with E-state index in [1.807, 2.05) is 30.3 Å². The molecule has 0 bridgehead atoms. The lowest BCUT2D eigenvalue weighted by Crippen LogP contribution is -2.49. The van der Waals surface area contributed by atoms with Gasteiger partial charge in [0.2, 0.25) is 5.91 Å². The molecule has 0 aliphatic heterocycles. The molecular formula is C16H27ClN2O2. The molecule has 0 aromatic heterocycles. The van der Waals surface area contributed by atoms with Gasteiger partial charge in [0.25, 0.3) is 0 Å². The minimum atomic E-state index is -1.01. The molecule has 4 nitrogen and oxygen atoms in total. The molecule has 0 aliphatic rings. The van der Waals surface area contributed by atoms with Crippen LogP contribution in [-0.4, -0.2) is 25.7 Å². The first-order valence-corrected chi connectivity index (χ1v) is 7.15. The number of carbonyl (C=O) groups excluding carboxylic acids is 1. The Morgan fingerprint density at radius 2 is 1.90 bits per heavy atom. The second kappa shape index (κ2) is 9.77. The van der Waals surface area contributed by atoms with Gasteiger partial charge in [-0.15, -0.1) is 12.4 Å². The molecule has 120 valence electrons. The maximum Gasteiger partial charge on any atom is 0.244 e. The summed E-state index contributed by atoms with van der Waals surface area (Å²) in [6.07, 6.45) is 1.03. The lowest BCUT2D eigenvalue weighted by Gasteiger charge is -2.24. The Hall–Kier alpha value is -1.10. The average Bonchev–Trinajstić information content (AvgIpc) is 2.43. The van der Waals surface area contributed by atoms with Crippen LogP contribution in [0.4, 0.5) is 0 Å². The van der Waals surface area contributed by atoms with Crippen LogP contribution < -0.4 is 11.1 Å². The molecule has 1 rings (SSSR count). The molecule has 0 heterocycles. The van der Waals surface area contributed by atoms with Gasteiger partial charge < -0.3 is 15.8 Å². The third kappa shape index (κ3) is 6.93. The molecule has 0 fully saturated rings. The molecule has 0 radical (unpaired) electrons. The van der Waals surface area contributed by atoms with Crippen molar-refractivity contribution in [1.29, 1.82) is 0 Å². The van der Waals surface area contributed by atoms with E-state index in [9.17, 15) is 4.79 Å². The van der Waals surface area contributed by atoms with Crippen molar-refractivity contribution in [3.63, 3.8) is 0 Å². The van der Waals surface area contributed by atoms with Gasteiger partial charge in [-0.3, -0.25) is 4.79 Å². The van der Waals surface area contributed by atoms with Crippen LogP contribution in [0, 0.1) is 5.92 Å². The average molecular weight is 315 g/mol. The van der Waals surface area contributed by atoms with Gasteiger partial charge in [0.15, 0.2) is 0 Å². The largest absolute Gasteiger partial charge is 0.380 e. The summed E-state index contributed by atoms with van der Waals surface area (Å²) in [6.45, 7) is 7.76. The van der Waals surface area contributed by atoms with Crippen LogP contribution in [0.3, 0.4) is 0 Å². The topological polar surface area (TPSA) is 64.3 Å². The van der Waals surface area contributed by atoms with E-state index < -0.39 is 5.54 Å². The monoisotopic (exact) mass is 314 g/mol. The summed E-state index contributed by atoms with van der Waals surface area (Å²) in [5.74, 6) is 0.450. The lowest BCUT2D eigenvalue weighted by atomic mass is 9.92. The fraction of sp³-hybridized carbons (Fsp3) is 0.562. The molecular weight excluding hydrogens is 288 g/mol. The summed E-state index contributed by atoms with van der Waals surface area (Å²) in [7, 11) is 0. The van der Waals surface area contributed by atoms with E-state index in [-0.39, 0.29) is 18.3 Å². The van der Waals surface area contributed by atoms with Crippen molar-refractivity contribution in [2.45, 2.75) is 32.7 Å². The number of ether oxygens (including phenoxy) is 1. The van der Waals surface area contributed by atoms with E-state index in [1.165, 1.54) is 0 Å². The third-order valence-electron chi connectivity index (χ3n) is 3.22. The summed E-state index contributed by atoms with van der Waals surface area (Å²) in [5, 5.41) is 2.82. The van der Waals surface area contributed by atoms with Crippen molar-refractivity contribution in [2.75, 3.05) is 19.8 Å². The SMILES string of the molecule is CC(C)CCOCCNC(=O)C(C)(N)c1ccccc1.Cl. The van der Waals surface area contributed by atoms with E-state index in [2.05, 4.69) is 19.2 Å². The molecule has 1 aromatic carbocycles. The number of amides is 1. The van der Waals surface area contributed by atoms with Gasteiger partial charge in [0, 0.05) is 13.2 Å². The molecule has 0 aliphatic carbocycles. The summed E-state index contributed by atoms with van der Waals surface area (Å²) in [6, 6.07) is 9.38. The Morgan fingerprint density at radius 3 is 2.48 bits per heavy atom. The Morgan fingerprint density at radius 1 is 1.29 bits per heavy atom. The van der Waals surface area contributed by atoms with Crippen molar-refractivity contribution in [3.05, 3.63) is 35.9 Å². The maximum atomic E-state index is 12.1. The smallest absolute Gasteiger partial charge is 0.244 e. The van der Waals surface area contributed by atoms with Crippen molar-refractivity contribution in [2.24, 2.45) is 11.7 Å². The van der Waals surface area contributed by atoms with Crippen LogP contribution in [0.15, 0.2) is 30.3 Å². The highest BCUT2D eigenvalue weighted by atomic mass is 35.5. The van der Waals surface area contributed by atoms with Crippen LogP contribution in [0.2, 0.25) is 0 Å². The first kappa shape index (κ1) is 19.9. The number of rotatable bonds is 8. The van der Waals surface area contributed by atoms with Gasteiger partial charge in [-0.25, -0.2) is 0 Å². The number of nitrogens with one attached hydrogen (secondary N) is 1. The number of hydrogen-bond acceptors (Lipinski definition) is 3. The Bertz CT molecular complexity index is 408. The molecule has 1 unspecified atom stereocenters. The van der Waals surface area contributed by atoms with Gasteiger partial charge >= 0.3 is 0 Å². The van der Waals surface area contributed by atoms with Crippen molar-refractivity contribution in [3.8, 4) is 0 Å². The molecule has 5 heteroatoms. The van der Waals surface area contributed by atoms with Crippen LogP contribution in [0.25, 0.3) is 0 Å². The normalized spacial score (nSPS) is 13.4. The molecule has 1 amide bonds. The Kier molecular flexibility index (Phi) is 9.26. The van der Waals surface area contributed by atoms with Gasteiger partial charge in [-0.1, -0.05) is 44.2 Å². The van der Waals surface area contributed by atoms with E-state index in [0.29, 0.717) is 19.1 Å². The van der Waals surface area contributed by atoms with Gasteiger partial charge in [0.1, 0.15) is 5.54 Å². The highest BCUT2D eigenvalue weighted by Crippen LogP contribution is 2.17. The molecule has 0 saturated carbocycles. The number of benzene rings is 1. The fourth-order valence-corrected chi connectivity index (χ4v) is 1.76. The quantitative estimate of drug-likeness (QED) is 0.724. The minimum Gasteiger partial charge on any atom is -0.380 e. The van der Waals surface area contributed by atoms with Crippen LogP contribution in [-0.2, 0) is 15.1 Å². The molecule has 1 aromatic rings. The number of nitrogens with two attached hydrogens (primary N) is 1. The van der Waals surface area contributed by atoms with E-state index >= 15 is 0 Å². The van der Waals surface area contributed by atoms with Crippen LogP contribution >= 0.6 is 12.4 Å². The molecule has 1 atom stereocenters. The predicted octanol–water partition coefficient (Wildman–Crippen LogP) is 2.46. The van der Waals surface area contributed by atoms with E-state index in [0.717, 1.165) is 18.6 Å². The van der Waals surface area contributed by atoms with Gasteiger partial charge in [0.05, 0.1) is 6.61 Å². The second-order valence-electron chi connectivity index (χ2n) is 5.62. The first-order chi connectivity index (χ1) is 9.44. The van der Waals surface area contributed by atoms with Crippen molar-refractivity contribution < 1.29 is 9.53 Å². The standard InChI is InChI=1S/C16H26N2O2.ClH/c1-13(2)9-11-20-12-10-18-15(19)16(3,17)14-7-5-4-6-8-14;/h4-8,13H,9-12,17H2,1-3H3,(H,18,19);1H. The Balaban J connectivity index is 0.00000400. The predicted molar refractivity (Wildman–Crippen MR) is 88.5 cm³/mol. The minimum absolute atomic E-state index is 0. The van der Waals surface area contributed by atoms with Gasteiger partial charge in [-0.05, 0) is 24.8 Å². The zero-order chi connectivity index (χ0) is 15.0. The second-order valence-corrected chi connectivity index (χ2v) is 5.62. The highest BCUT2D eigenvalue weighted by molar-refractivity contribution is 5.86. The van der Waals surface area contributed by atoms with E-state index in [1.54, 1.807) is 6.92 Å². The third-order valence-corrected chi connectivity index (χ3v) is 3.22. The molecule has 0 saturated heterocycles. The summed E-state index contributed by atoms with van der Waals surface area (Å²) < 4.78 is 5.46. The van der Waals surface area contributed by atoms with Crippen molar-refractivity contribution >= 4 is 18.3 Å². The van der Waals surface area contributed by atoms with Gasteiger partial charge in [-0.2, -0.15) is 0 Å². The van der Waals surface area contributed by atoms with Crippen molar-refractivity contribution in [1.82, 2.24) is 5.32 Å². The zero-order valence-corrected chi connectivity index (χ0v) is 13.9. The maximum absolute atomic E-state index is 12.1. The highest BCUT2D eigenvalue weighted by Gasteiger charge is 2.29. The summed E-state index contributed by atoms with van der Waals surface area (Å²) in [5.41, 5.74) is 5.90. The number of halogens is 1. The molecule has 21 heavy (non-hydrogen) atoms. The molecule has 3 N–H and O–H groups in total. The van der Waals surface area contributed by atoms with Crippen LogP contribution in [0.1, 0.15) is 32.8 Å². The number of hydrogen-bond donors (Lipinski definition) is 2.